The molecule has 0 radical (unpaired) electrons. The van der Waals surface area contributed by atoms with E-state index in [1.54, 1.807) is 0 Å². The van der Waals surface area contributed by atoms with E-state index in [9.17, 15) is 31.5 Å². The number of carbonyl (C=O) groups is 1. The van der Waals surface area contributed by atoms with Gasteiger partial charge in [0.25, 0.3) is 5.91 Å². The van der Waals surface area contributed by atoms with E-state index in [0.717, 1.165) is 6.07 Å². The van der Waals surface area contributed by atoms with Gasteiger partial charge in [-0.3, -0.25) is 14.6 Å². The predicted octanol–water partition coefficient (Wildman–Crippen LogP) is 5.23. The van der Waals surface area contributed by atoms with Crippen LogP contribution in [0, 0.1) is 24.5 Å². The van der Waals surface area contributed by atoms with Gasteiger partial charge < -0.3 is 10.7 Å². The lowest BCUT2D eigenvalue weighted by Crippen LogP contribution is -2.28. The van der Waals surface area contributed by atoms with Gasteiger partial charge in [-0.05, 0) is 61.3 Å². The minimum atomic E-state index is -4.35. The Bertz CT molecular complexity index is 1320. The zero-order valence-corrected chi connectivity index (χ0v) is 18.2. The first-order chi connectivity index (χ1) is 16.0. The van der Waals surface area contributed by atoms with Crippen molar-refractivity contribution in [2.75, 3.05) is 0 Å². The van der Waals surface area contributed by atoms with E-state index in [4.69, 9.17) is 5.73 Å². The maximum absolute atomic E-state index is 14.3. The minimum Gasteiger partial charge on any atom is -0.364 e. The van der Waals surface area contributed by atoms with E-state index in [0.29, 0.717) is 17.7 Å². The van der Waals surface area contributed by atoms with Crippen molar-refractivity contribution in [1.82, 2.24) is 9.97 Å². The van der Waals surface area contributed by atoms with E-state index in [1.807, 2.05) is 0 Å². The van der Waals surface area contributed by atoms with Crippen LogP contribution in [-0.4, -0.2) is 22.1 Å². The Hall–Kier alpha value is -3.30. The number of hydrogen-bond donors (Lipinski definition) is 2. The molecule has 180 valence electrons. The van der Waals surface area contributed by atoms with Crippen molar-refractivity contribution in [2.24, 2.45) is 11.7 Å². The summed E-state index contributed by atoms with van der Waals surface area (Å²) in [5.41, 5.74) is 5.77. The summed E-state index contributed by atoms with van der Waals surface area (Å²) in [6.07, 6.45) is -3.36. The van der Waals surface area contributed by atoms with Gasteiger partial charge in [0.05, 0.1) is 10.9 Å². The van der Waals surface area contributed by atoms with Gasteiger partial charge in [-0.15, -0.1) is 0 Å². The lowest BCUT2D eigenvalue weighted by Gasteiger charge is -2.37. The number of halogens is 5. The quantitative estimate of drug-likeness (QED) is 0.503. The van der Waals surface area contributed by atoms with E-state index < -0.39 is 53.3 Å². The maximum Gasteiger partial charge on any atom is 0.389 e. The van der Waals surface area contributed by atoms with Crippen LogP contribution in [0.3, 0.4) is 0 Å². The summed E-state index contributed by atoms with van der Waals surface area (Å²) in [6.45, 7) is 1.43. The molecule has 1 fully saturated rings. The molecular weight excluding hydrogens is 457 g/mol. The normalized spacial score (nSPS) is 21.1. The summed E-state index contributed by atoms with van der Waals surface area (Å²) in [5.74, 6) is -4.62. The highest BCUT2D eigenvalue weighted by Gasteiger charge is 2.40. The number of fused-ring (bicyclic) bond motifs is 1. The van der Waals surface area contributed by atoms with Crippen LogP contribution in [0.2, 0.25) is 0 Å². The van der Waals surface area contributed by atoms with E-state index in [2.05, 4.69) is 9.97 Å². The molecule has 1 saturated carbocycles. The summed E-state index contributed by atoms with van der Waals surface area (Å²) < 4.78 is 67.5. The molecule has 0 spiro atoms. The van der Waals surface area contributed by atoms with Crippen LogP contribution in [0.25, 0.3) is 10.9 Å². The van der Waals surface area contributed by atoms with Gasteiger partial charge in [0.15, 0.2) is 17.1 Å². The Morgan fingerprint density at radius 2 is 1.91 bits per heavy atom. The fraction of sp³-hybridized carbons (Fsp3) is 0.375. The molecule has 1 aliphatic rings. The highest BCUT2D eigenvalue weighted by molar-refractivity contribution is 6.03. The number of nitrogens with one attached hydrogen (secondary N) is 1. The highest BCUT2D eigenvalue weighted by atomic mass is 19.4. The molecule has 3 aromatic rings. The highest BCUT2D eigenvalue weighted by Crippen LogP contribution is 2.49. The third-order valence-electron chi connectivity index (χ3n) is 6.66. The molecule has 4 rings (SSSR count). The van der Waals surface area contributed by atoms with Gasteiger partial charge >= 0.3 is 6.18 Å². The number of nitrogens with zero attached hydrogens (tertiary/aromatic N) is 1. The van der Waals surface area contributed by atoms with Crippen molar-refractivity contribution in [3.8, 4) is 0 Å². The standard InChI is InChI=1S/C24H22F5N3O2/c1-11-13(4-5-16(25)21(11)26)14-3-2-12(10-24(27,28)29)8-15(14)18-9-19(33)20-17(32-18)6-7-31-22(20)23(30)34/h4-7,9,12,14-15H,2-3,8,10H2,1H3,(H2,30,34)(H,32,33)/t12-,14-,15+/m0/s1. The zero-order valence-electron chi connectivity index (χ0n) is 18.2. The van der Waals surface area contributed by atoms with Crippen molar-refractivity contribution >= 4 is 16.8 Å². The van der Waals surface area contributed by atoms with Crippen LogP contribution < -0.4 is 11.2 Å². The number of amides is 1. The number of carbonyl (C=O) groups excluding carboxylic acids is 1. The fourth-order valence-corrected chi connectivity index (χ4v) is 5.16. The van der Waals surface area contributed by atoms with Gasteiger partial charge in [-0.1, -0.05) is 6.07 Å². The largest absolute Gasteiger partial charge is 0.389 e. The number of benzene rings is 1. The molecule has 0 aliphatic heterocycles. The second-order valence-corrected chi connectivity index (χ2v) is 8.82. The third-order valence-corrected chi connectivity index (χ3v) is 6.66. The monoisotopic (exact) mass is 479 g/mol. The van der Waals surface area contributed by atoms with Crippen LogP contribution in [0.5, 0.6) is 0 Å². The number of rotatable bonds is 4. The third kappa shape index (κ3) is 4.53. The van der Waals surface area contributed by atoms with Crippen LogP contribution in [0.1, 0.15) is 64.8 Å². The summed E-state index contributed by atoms with van der Waals surface area (Å²) in [5, 5.41) is -0.0121. The first-order valence-electron chi connectivity index (χ1n) is 10.8. The molecule has 1 amide bonds. The number of aromatic amines is 1. The van der Waals surface area contributed by atoms with Crippen LogP contribution in [-0.2, 0) is 0 Å². The van der Waals surface area contributed by atoms with E-state index in [1.165, 1.54) is 31.3 Å². The molecule has 2 aromatic heterocycles. The molecule has 34 heavy (non-hydrogen) atoms. The average Bonchev–Trinajstić information content (AvgIpc) is 2.76. The van der Waals surface area contributed by atoms with Crippen molar-refractivity contribution in [3.63, 3.8) is 0 Å². The second-order valence-electron chi connectivity index (χ2n) is 8.82. The Morgan fingerprint density at radius 3 is 2.59 bits per heavy atom. The van der Waals surface area contributed by atoms with Gasteiger partial charge in [0.1, 0.15) is 5.69 Å². The van der Waals surface area contributed by atoms with Crippen molar-refractivity contribution in [1.29, 1.82) is 0 Å². The number of nitrogens with two attached hydrogens (primary N) is 1. The fourth-order valence-electron chi connectivity index (χ4n) is 5.16. The molecule has 1 aromatic carbocycles. The van der Waals surface area contributed by atoms with Gasteiger partial charge in [-0.2, -0.15) is 13.2 Å². The Balaban J connectivity index is 1.84. The van der Waals surface area contributed by atoms with Crippen LogP contribution in [0.4, 0.5) is 22.0 Å². The molecular formula is C24H22F5N3O2. The summed E-state index contributed by atoms with van der Waals surface area (Å²) >= 11 is 0. The average molecular weight is 479 g/mol. The predicted molar refractivity (Wildman–Crippen MR) is 115 cm³/mol. The number of alkyl halides is 3. The Kier molecular flexibility index (Phi) is 6.18. The zero-order chi connectivity index (χ0) is 24.8. The Labute approximate surface area is 191 Å². The van der Waals surface area contributed by atoms with Crippen molar-refractivity contribution in [2.45, 2.75) is 50.6 Å². The number of H-pyrrole nitrogens is 1. The molecule has 1 aliphatic carbocycles. The minimum absolute atomic E-state index is 0.0121. The maximum atomic E-state index is 14.3. The summed E-state index contributed by atoms with van der Waals surface area (Å²) in [7, 11) is 0. The first-order valence-corrected chi connectivity index (χ1v) is 10.8. The molecule has 3 atom stereocenters. The van der Waals surface area contributed by atoms with E-state index >= 15 is 0 Å². The number of aromatic nitrogens is 2. The van der Waals surface area contributed by atoms with Crippen LogP contribution >= 0.6 is 0 Å². The van der Waals surface area contributed by atoms with Gasteiger partial charge in [0.2, 0.25) is 0 Å². The number of primary amides is 1. The molecule has 0 bridgehead atoms. The lowest BCUT2D eigenvalue weighted by atomic mass is 9.68. The first kappa shape index (κ1) is 23.8. The molecule has 10 heteroatoms. The molecule has 3 N–H and O–H groups in total. The Morgan fingerprint density at radius 1 is 1.18 bits per heavy atom. The SMILES string of the molecule is Cc1c([C@@H]2CC[C@H](CC(F)(F)F)C[C@H]2c2cc(=O)c3c(C(N)=O)nccc3[nH]2)ccc(F)c1F. The van der Waals surface area contributed by atoms with Crippen molar-refractivity contribution < 1.29 is 26.7 Å². The van der Waals surface area contributed by atoms with E-state index in [-0.39, 0.29) is 35.0 Å². The summed E-state index contributed by atoms with van der Waals surface area (Å²) in [4.78, 5) is 31.5. The lowest BCUT2D eigenvalue weighted by molar-refractivity contribution is -0.147. The number of pyridine rings is 2. The van der Waals surface area contributed by atoms with Crippen molar-refractivity contribution in [3.05, 3.63) is 74.8 Å². The second kappa shape index (κ2) is 8.81. The molecule has 5 nitrogen and oxygen atoms in total. The molecule has 2 heterocycles. The van der Waals surface area contributed by atoms with Gasteiger partial charge in [-0.25, -0.2) is 8.78 Å². The van der Waals surface area contributed by atoms with Crippen LogP contribution in [0.15, 0.2) is 35.3 Å². The van der Waals surface area contributed by atoms with Gasteiger partial charge in [0, 0.05) is 30.3 Å². The summed E-state index contributed by atoms with van der Waals surface area (Å²) in [6, 6.07) is 5.16. The topological polar surface area (TPSA) is 88.8 Å². The molecule has 0 unspecified atom stereocenters. The molecule has 0 saturated heterocycles. The number of hydrogen-bond acceptors (Lipinski definition) is 3. The smallest absolute Gasteiger partial charge is 0.364 e.